The lowest BCUT2D eigenvalue weighted by Crippen LogP contribution is -2.00. The Morgan fingerprint density at radius 2 is 2.10 bits per heavy atom. The summed E-state index contributed by atoms with van der Waals surface area (Å²) >= 11 is 3.31. The number of nitrogens with two attached hydrogens (primary N) is 1. The highest BCUT2D eigenvalue weighted by Crippen LogP contribution is 2.42. The average Bonchev–Trinajstić information content (AvgIpc) is 2.94. The molecule has 2 rings (SSSR count). The normalized spacial score (nSPS) is 10.4. The predicted molar refractivity (Wildman–Crippen MR) is 73.8 cm³/mol. The largest absolute Gasteiger partial charge is 0.492 e. The molecular formula is C12H12BrN3O4. The van der Waals surface area contributed by atoms with Crippen LogP contribution in [0.15, 0.2) is 15.1 Å². The predicted octanol–water partition coefficient (Wildman–Crippen LogP) is 1.79. The summed E-state index contributed by atoms with van der Waals surface area (Å²) in [6.45, 7) is 0.139. The van der Waals surface area contributed by atoms with Crippen LogP contribution in [-0.2, 0) is 6.54 Å². The zero-order valence-corrected chi connectivity index (χ0v) is 12.4. The van der Waals surface area contributed by atoms with E-state index in [0.29, 0.717) is 45.1 Å². The standard InChI is InChI=1S/C12H12BrN3O4/c1-18-10-6(12-15-9(4-14)20-16-12)3-8(13)7(5-17)11(10)19-2/h3,5H,4,14H2,1-2H3. The lowest BCUT2D eigenvalue weighted by Gasteiger charge is -2.14. The first-order chi connectivity index (χ1) is 9.65. The SMILES string of the molecule is COc1c(-c2noc(CN)n2)cc(Br)c(C=O)c1OC. The van der Waals surface area contributed by atoms with E-state index in [9.17, 15) is 4.79 Å². The Morgan fingerprint density at radius 1 is 1.40 bits per heavy atom. The van der Waals surface area contributed by atoms with Crippen molar-refractivity contribution in [1.29, 1.82) is 0 Å². The van der Waals surface area contributed by atoms with Gasteiger partial charge in [-0.3, -0.25) is 4.79 Å². The van der Waals surface area contributed by atoms with Gasteiger partial charge in [-0.1, -0.05) is 5.16 Å². The fourth-order valence-corrected chi connectivity index (χ4v) is 2.25. The van der Waals surface area contributed by atoms with Gasteiger partial charge in [0.15, 0.2) is 17.8 Å². The molecule has 0 fully saturated rings. The number of benzene rings is 1. The van der Waals surface area contributed by atoms with Crippen LogP contribution in [0.25, 0.3) is 11.4 Å². The van der Waals surface area contributed by atoms with Crippen LogP contribution < -0.4 is 15.2 Å². The van der Waals surface area contributed by atoms with Crippen molar-refractivity contribution in [3.63, 3.8) is 0 Å². The molecule has 8 heteroatoms. The van der Waals surface area contributed by atoms with E-state index in [0.717, 1.165) is 0 Å². The van der Waals surface area contributed by atoms with E-state index in [2.05, 4.69) is 26.1 Å². The maximum atomic E-state index is 11.1. The lowest BCUT2D eigenvalue weighted by atomic mass is 10.1. The van der Waals surface area contributed by atoms with Gasteiger partial charge in [-0.25, -0.2) is 0 Å². The Balaban J connectivity index is 2.69. The van der Waals surface area contributed by atoms with Gasteiger partial charge >= 0.3 is 0 Å². The fraction of sp³-hybridized carbons (Fsp3) is 0.250. The number of hydrogen-bond acceptors (Lipinski definition) is 7. The van der Waals surface area contributed by atoms with Gasteiger partial charge in [0.05, 0.1) is 31.9 Å². The first-order valence-corrected chi connectivity index (χ1v) is 6.38. The van der Waals surface area contributed by atoms with Gasteiger partial charge in [-0.15, -0.1) is 0 Å². The van der Waals surface area contributed by atoms with Gasteiger partial charge in [-0.05, 0) is 22.0 Å². The minimum atomic E-state index is 0.139. The summed E-state index contributed by atoms with van der Waals surface area (Å²) in [5, 5.41) is 3.83. The number of nitrogens with zero attached hydrogens (tertiary/aromatic N) is 2. The molecule has 0 spiro atoms. The zero-order chi connectivity index (χ0) is 14.7. The number of ether oxygens (including phenoxy) is 2. The van der Waals surface area contributed by atoms with E-state index < -0.39 is 0 Å². The summed E-state index contributed by atoms with van der Waals surface area (Å²) in [4.78, 5) is 15.3. The molecule has 0 unspecified atom stereocenters. The second kappa shape index (κ2) is 6.02. The van der Waals surface area contributed by atoms with Crippen molar-refractivity contribution in [1.82, 2.24) is 10.1 Å². The molecule has 0 amide bonds. The first kappa shape index (κ1) is 14.5. The molecule has 7 nitrogen and oxygen atoms in total. The molecule has 2 N–H and O–H groups in total. The van der Waals surface area contributed by atoms with E-state index in [-0.39, 0.29) is 6.54 Å². The molecule has 0 aliphatic carbocycles. The molecule has 1 heterocycles. The Hall–Kier alpha value is -1.93. The summed E-state index contributed by atoms with van der Waals surface area (Å²) in [7, 11) is 2.91. The molecule has 2 aromatic rings. The van der Waals surface area contributed by atoms with E-state index in [1.807, 2.05) is 0 Å². The average molecular weight is 342 g/mol. The van der Waals surface area contributed by atoms with Crippen molar-refractivity contribution >= 4 is 22.2 Å². The molecule has 106 valence electrons. The molecule has 1 aromatic carbocycles. The Kier molecular flexibility index (Phi) is 4.35. The summed E-state index contributed by atoms with van der Waals surface area (Å²) in [5.41, 5.74) is 6.31. The van der Waals surface area contributed by atoms with Gasteiger partial charge in [0.25, 0.3) is 0 Å². The summed E-state index contributed by atoms with van der Waals surface area (Å²) in [5.74, 6) is 1.25. The molecule has 1 aromatic heterocycles. The van der Waals surface area contributed by atoms with Crippen LogP contribution in [0.3, 0.4) is 0 Å². The second-order valence-electron chi connectivity index (χ2n) is 3.72. The third kappa shape index (κ3) is 2.39. The van der Waals surface area contributed by atoms with Crippen molar-refractivity contribution in [2.24, 2.45) is 5.73 Å². The number of aromatic nitrogens is 2. The van der Waals surface area contributed by atoms with Crippen LogP contribution in [0.5, 0.6) is 11.5 Å². The second-order valence-corrected chi connectivity index (χ2v) is 4.57. The summed E-state index contributed by atoms with van der Waals surface area (Å²) in [6, 6.07) is 1.66. The number of hydrogen-bond donors (Lipinski definition) is 1. The van der Waals surface area contributed by atoms with Gasteiger partial charge in [-0.2, -0.15) is 4.98 Å². The van der Waals surface area contributed by atoms with Crippen LogP contribution in [-0.4, -0.2) is 30.6 Å². The Bertz CT molecular complexity index is 642. The number of methoxy groups -OCH3 is 2. The first-order valence-electron chi connectivity index (χ1n) is 5.58. The van der Waals surface area contributed by atoms with Crippen LogP contribution in [0, 0.1) is 0 Å². The van der Waals surface area contributed by atoms with E-state index in [4.69, 9.17) is 19.7 Å². The summed E-state index contributed by atoms with van der Waals surface area (Å²) < 4.78 is 16.1. The fourth-order valence-electron chi connectivity index (χ4n) is 1.75. The minimum absolute atomic E-state index is 0.139. The summed E-state index contributed by atoms with van der Waals surface area (Å²) in [6.07, 6.45) is 0.677. The van der Waals surface area contributed by atoms with Crippen molar-refractivity contribution in [3.05, 3.63) is 22.0 Å². The van der Waals surface area contributed by atoms with Gasteiger partial charge in [0.2, 0.25) is 11.7 Å². The van der Waals surface area contributed by atoms with E-state index >= 15 is 0 Å². The topological polar surface area (TPSA) is 100 Å². The maximum absolute atomic E-state index is 11.1. The molecular weight excluding hydrogens is 330 g/mol. The van der Waals surface area contributed by atoms with Crippen molar-refractivity contribution in [2.45, 2.75) is 6.54 Å². The third-order valence-corrected chi connectivity index (χ3v) is 3.29. The lowest BCUT2D eigenvalue weighted by molar-refractivity contribution is 0.111. The Labute approximate surface area is 123 Å². The van der Waals surface area contributed by atoms with Crippen LogP contribution in [0.2, 0.25) is 0 Å². The Morgan fingerprint density at radius 3 is 2.60 bits per heavy atom. The highest BCUT2D eigenvalue weighted by atomic mass is 79.9. The minimum Gasteiger partial charge on any atom is -0.492 e. The number of carbonyl (C=O) groups is 1. The number of carbonyl (C=O) groups excluding carboxylic acids is 1. The van der Waals surface area contributed by atoms with Gasteiger partial charge in [0, 0.05) is 4.47 Å². The molecule has 20 heavy (non-hydrogen) atoms. The van der Waals surface area contributed by atoms with Crippen molar-refractivity contribution in [2.75, 3.05) is 14.2 Å². The van der Waals surface area contributed by atoms with Crippen LogP contribution >= 0.6 is 15.9 Å². The highest BCUT2D eigenvalue weighted by Gasteiger charge is 2.22. The number of halogens is 1. The monoisotopic (exact) mass is 341 g/mol. The van der Waals surface area contributed by atoms with E-state index in [1.54, 1.807) is 6.07 Å². The van der Waals surface area contributed by atoms with Crippen molar-refractivity contribution in [3.8, 4) is 22.9 Å². The molecule has 0 bridgehead atoms. The molecule has 0 saturated heterocycles. The quantitative estimate of drug-likeness (QED) is 0.827. The van der Waals surface area contributed by atoms with Crippen LogP contribution in [0.1, 0.15) is 16.2 Å². The number of aldehydes is 1. The highest BCUT2D eigenvalue weighted by molar-refractivity contribution is 9.10. The molecule has 0 atom stereocenters. The molecule has 0 saturated carbocycles. The number of rotatable bonds is 5. The van der Waals surface area contributed by atoms with Crippen LogP contribution in [0.4, 0.5) is 0 Å². The smallest absolute Gasteiger partial charge is 0.240 e. The van der Waals surface area contributed by atoms with Gasteiger partial charge in [0.1, 0.15) is 0 Å². The maximum Gasteiger partial charge on any atom is 0.240 e. The molecule has 0 aliphatic heterocycles. The third-order valence-electron chi connectivity index (χ3n) is 2.63. The van der Waals surface area contributed by atoms with Gasteiger partial charge < -0.3 is 19.7 Å². The molecule has 0 aliphatic rings. The zero-order valence-electron chi connectivity index (χ0n) is 10.8. The van der Waals surface area contributed by atoms with E-state index in [1.165, 1.54) is 14.2 Å². The van der Waals surface area contributed by atoms with Crippen molar-refractivity contribution < 1.29 is 18.8 Å². The molecule has 0 radical (unpaired) electrons.